The van der Waals surface area contributed by atoms with E-state index in [9.17, 15) is 4.48 Å². The van der Waals surface area contributed by atoms with Crippen LogP contribution in [0, 0.1) is 0 Å². The first-order valence-corrected chi connectivity index (χ1v) is 5.27. The van der Waals surface area contributed by atoms with Crippen LogP contribution >= 0.6 is 23.2 Å². The van der Waals surface area contributed by atoms with Gasteiger partial charge in [-0.05, 0) is 24.6 Å². The maximum Gasteiger partial charge on any atom is 0.0610 e. The SMILES string of the molecule is CC(CO)N(F)Cc1ccc(Cl)c(Cl)c1. The van der Waals surface area contributed by atoms with Gasteiger partial charge in [0, 0.05) is 0 Å². The van der Waals surface area contributed by atoms with Gasteiger partial charge in [0.05, 0.1) is 29.2 Å². The molecule has 0 spiro atoms. The monoisotopic (exact) mass is 251 g/mol. The summed E-state index contributed by atoms with van der Waals surface area (Å²) in [4.78, 5) is 0. The number of hydrogen-bond donors (Lipinski definition) is 1. The molecule has 1 N–H and O–H groups in total. The van der Waals surface area contributed by atoms with E-state index in [1.54, 1.807) is 25.1 Å². The topological polar surface area (TPSA) is 23.5 Å². The molecule has 1 aromatic rings. The highest BCUT2D eigenvalue weighted by molar-refractivity contribution is 6.42. The molecule has 0 aromatic heterocycles. The molecule has 1 unspecified atom stereocenters. The second-order valence-electron chi connectivity index (χ2n) is 3.34. The highest BCUT2D eigenvalue weighted by Crippen LogP contribution is 2.23. The van der Waals surface area contributed by atoms with Gasteiger partial charge < -0.3 is 5.11 Å². The minimum atomic E-state index is -0.528. The van der Waals surface area contributed by atoms with Gasteiger partial charge in [-0.25, -0.2) is 0 Å². The summed E-state index contributed by atoms with van der Waals surface area (Å²) in [5, 5.41) is 10.2. The Kier molecular flexibility index (Phi) is 4.80. The lowest BCUT2D eigenvalue weighted by atomic mass is 10.2. The summed E-state index contributed by atoms with van der Waals surface area (Å²) in [7, 11) is 0. The Morgan fingerprint density at radius 3 is 2.60 bits per heavy atom. The van der Waals surface area contributed by atoms with Crippen LogP contribution in [0.1, 0.15) is 12.5 Å². The molecule has 5 heteroatoms. The Morgan fingerprint density at radius 2 is 2.07 bits per heavy atom. The molecule has 0 aliphatic carbocycles. The third kappa shape index (κ3) is 3.61. The predicted octanol–water partition coefficient (Wildman–Crippen LogP) is 3.06. The molecule has 15 heavy (non-hydrogen) atoms. The second kappa shape index (κ2) is 5.66. The van der Waals surface area contributed by atoms with Gasteiger partial charge in [-0.15, -0.1) is 9.60 Å². The van der Waals surface area contributed by atoms with Crippen molar-refractivity contribution in [3.8, 4) is 0 Å². The molecule has 1 atom stereocenters. The van der Waals surface area contributed by atoms with Crippen molar-refractivity contribution in [2.75, 3.05) is 6.61 Å². The molecule has 0 saturated heterocycles. The van der Waals surface area contributed by atoms with Gasteiger partial charge in [-0.2, -0.15) is 0 Å². The molecule has 0 aliphatic rings. The molecule has 0 heterocycles. The van der Waals surface area contributed by atoms with E-state index < -0.39 is 6.04 Å². The van der Waals surface area contributed by atoms with Crippen molar-refractivity contribution in [1.82, 2.24) is 5.12 Å². The largest absolute Gasteiger partial charge is 0.395 e. The Bertz CT molecular complexity index is 335. The van der Waals surface area contributed by atoms with Crippen molar-refractivity contribution < 1.29 is 9.59 Å². The molecule has 1 aromatic carbocycles. The lowest BCUT2D eigenvalue weighted by Crippen LogP contribution is -2.27. The number of aliphatic hydroxyl groups excluding tert-OH is 1. The summed E-state index contributed by atoms with van der Waals surface area (Å²) in [6, 6.07) is 4.40. The molecule has 84 valence electrons. The van der Waals surface area contributed by atoms with Gasteiger partial charge in [0.1, 0.15) is 0 Å². The van der Waals surface area contributed by atoms with Gasteiger partial charge in [-0.3, -0.25) is 0 Å². The van der Waals surface area contributed by atoms with Gasteiger partial charge >= 0.3 is 0 Å². The van der Waals surface area contributed by atoms with E-state index in [4.69, 9.17) is 28.3 Å². The number of nitrogens with zero attached hydrogens (tertiary/aromatic N) is 1. The molecule has 2 nitrogen and oxygen atoms in total. The third-order valence-electron chi connectivity index (χ3n) is 2.06. The Morgan fingerprint density at radius 1 is 1.40 bits per heavy atom. The van der Waals surface area contributed by atoms with Crippen LogP contribution in [0.15, 0.2) is 18.2 Å². The average Bonchev–Trinajstić information content (AvgIpc) is 2.22. The fraction of sp³-hybridized carbons (Fsp3) is 0.400. The summed E-state index contributed by atoms with van der Waals surface area (Å²) in [6.07, 6.45) is 0. The van der Waals surface area contributed by atoms with Crippen molar-refractivity contribution in [2.45, 2.75) is 19.5 Å². The van der Waals surface area contributed by atoms with Crippen LogP contribution in [0.3, 0.4) is 0 Å². The van der Waals surface area contributed by atoms with E-state index in [0.29, 0.717) is 20.7 Å². The van der Waals surface area contributed by atoms with Crippen LogP contribution in [0.2, 0.25) is 10.0 Å². The zero-order chi connectivity index (χ0) is 11.4. The van der Waals surface area contributed by atoms with Crippen molar-refractivity contribution in [2.24, 2.45) is 0 Å². The molecule has 0 amide bonds. The van der Waals surface area contributed by atoms with Crippen molar-refractivity contribution in [3.63, 3.8) is 0 Å². The second-order valence-corrected chi connectivity index (χ2v) is 4.15. The van der Waals surface area contributed by atoms with Gasteiger partial charge in [0.15, 0.2) is 0 Å². The van der Waals surface area contributed by atoms with Gasteiger partial charge in [0.2, 0.25) is 0 Å². The number of rotatable bonds is 4. The molecule has 0 fully saturated rings. The van der Waals surface area contributed by atoms with E-state index in [0.717, 1.165) is 0 Å². The molecule has 1 rings (SSSR count). The number of aliphatic hydroxyl groups is 1. The maximum atomic E-state index is 13.3. The summed E-state index contributed by atoms with van der Waals surface area (Å²) in [6.45, 7) is 1.45. The third-order valence-corrected chi connectivity index (χ3v) is 2.80. The number of halogens is 3. The van der Waals surface area contributed by atoms with Crippen molar-refractivity contribution in [3.05, 3.63) is 33.8 Å². The smallest absolute Gasteiger partial charge is 0.0610 e. The number of hydrogen-bond acceptors (Lipinski definition) is 2. The van der Waals surface area contributed by atoms with Crippen LogP contribution in [0.5, 0.6) is 0 Å². The first kappa shape index (κ1) is 12.7. The van der Waals surface area contributed by atoms with E-state index >= 15 is 0 Å². The minimum Gasteiger partial charge on any atom is -0.395 e. The Labute approximate surface area is 98.2 Å². The maximum absolute atomic E-state index is 13.3. The van der Waals surface area contributed by atoms with Crippen LogP contribution < -0.4 is 0 Å². The fourth-order valence-electron chi connectivity index (χ4n) is 1.06. The quantitative estimate of drug-likeness (QED) is 0.832. The van der Waals surface area contributed by atoms with Crippen LogP contribution in [0.25, 0.3) is 0 Å². The summed E-state index contributed by atoms with van der Waals surface area (Å²) >= 11 is 11.5. The van der Waals surface area contributed by atoms with Crippen molar-refractivity contribution >= 4 is 23.2 Å². The highest BCUT2D eigenvalue weighted by Gasteiger charge is 2.12. The van der Waals surface area contributed by atoms with Gasteiger partial charge in [0.25, 0.3) is 0 Å². The van der Waals surface area contributed by atoms with Crippen molar-refractivity contribution in [1.29, 1.82) is 0 Å². The molecule has 0 aliphatic heterocycles. The standard InChI is InChI=1S/C10H12Cl2FNO/c1-7(6-15)14(13)5-8-2-3-9(11)10(12)4-8/h2-4,7,15H,5-6H2,1H3. The molecule has 0 radical (unpaired) electrons. The Balaban J connectivity index is 2.68. The van der Waals surface area contributed by atoms with Crippen LogP contribution in [0.4, 0.5) is 4.48 Å². The van der Waals surface area contributed by atoms with Crippen LogP contribution in [-0.2, 0) is 6.54 Å². The summed E-state index contributed by atoms with van der Waals surface area (Å²) in [5.41, 5.74) is 0.715. The number of benzene rings is 1. The van der Waals surface area contributed by atoms with Gasteiger partial charge in [-0.1, -0.05) is 29.3 Å². The van der Waals surface area contributed by atoms with E-state index in [2.05, 4.69) is 0 Å². The molecular weight excluding hydrogens is 240 g/mol. The van der Waals surface area contributed by atoms with E-state index in [1.807, 2.05) is 0 Å². The lowest BCUT2D eigenvalue weighted by molar-refractivity contribution is -0.0432. The highest BCUT2D eigenvalue weighted by atomic mass is 35.5. The summed E-state index contributed by atoms with van der Waals surface area (Å²) < 4.78 is 13.3. The van der Waals surface area contributed by atoms with E-state index in [1.165, 1.54) is 0 Å². The first-order chi connectivity index (χ1) is 7.04. The van der Waals surface area contributed by atoms with Crippen LogP contribution in [-0.4, -0.2) is 22.9 Å². The zero-order valence-corrected chi connectivity index (χ0v) is 9.76. The Hall–Kier alpha value is -0.350. The minimum absolute atomic E-state index is 0.0820. The molecular formula is C10H12Cl2FNO. The fourth-order valence-corrected chi connectivity index (χ4v) is 1.38. The first-order valence-electron chi connectivity index (χ1n) is 4.51. The summed E-state index contributed by atoms with van der Waals surface area (Å²) in [5.74, 6) is 0. The normalized spacial score (nSPS) is 13.2. The molecule has 0 saturated carbocycles. The van der Waals surface area contributed by atoms with E-state index in [-0.39, 0.29) is 13.2 Å². The molecule has 0 bridgehead atoms. The predicted molar refractivity (Wildman–Crippen MR) is 59.7 cm³/mol. The lowest BCUT2D eigenvalue weighted by Gasteiger charge is -2.17. The average molecular weight is 252 g/mol. The zero-order valence-electron chi connectivity index (χ0n) is 8.25.